The average molecular weight is 1020 g/mol. The maximum absolute atomic E-state index is 8.80. The van der Waals surface area contributed by atoms with Crippen LogP contribution in [0.25, 0.3) is 72.1 Å². The van der Waals surface area contributed by atoms with Crippen LogP contribution in [-0.2, 0) is 16.2 Å². The highest BCUT2D eigenvalue weighted by Gasteiger charge is 2.33. The minimum absolute atomic E-state index is 0.0277. The Bertz CT molecular complexity index is 4140. The van der Waals surface area contributed by atoms with Crippen molar-refractivity contribution < 1.29 is 8.85 Å². The summed E-state index contributed by atoms with van der Waals surface area (Å²) < 4.78 is 35.8. The van der Waals surface area contributed by atoms with Crippen molar-refractivity contribution >= 4 is 44.6 Å². The molecule has 5 nitrogen and oxygen atoms in total. The fraction of sp³-hybridized carbons (Fsp3) is 0.192. The molecule has 0 saturated carbocycles. The van der Waals surface area contributed by atoms with E-state index in [1.807, 2.05) is 36.4 Å². The fourth-order valence-corrected chi connectivity index (χ4v) is 11.2. The molecule has 0 radical (unpaired) electrons. The van der Waals surface area contributed by atoms with E-state index in [0.29, 0.717) is 29.5 Å². The van der Waals surface area contributed by atoms with E-state index in [1.165, 1.54) is 11.1 Å². The van der Waals surface area contributed by atoms with E-state index >= 15 is 0 Å². The number of pyridine rings is 1. The first kappa shape index (κ1) is 46.6. The predicted octanol–water partition coefficient (Wildman–Crippen LogP) is 20.1. The Morgan fingerprint density at radius 2 is 0.962 bits per heavy atom. The van der Waals surface area contributed by atoms with E-state index in [4.69, 9.17) is 13.8 Å². The lowest BCUT2D eigenvalue weighted by atomic mass is 9.86. The van der Waals surface area contributed by atoms with Crippen molar-refractivity contribution in [1.82, 2.24) is 9.55 Å². The molecule has 1 aliphatic rings. The van der Waals surface area contributed by atoms with Gasteiger partial charge in [-0.1, -0.05) is 220 Å². The maximum atomic E-state index is 8.80. The van der Waals surface area contributed by atoms with Crippen LogP contribution in [0, 0.1) is 6.85 Å². The van der Waals surface area contributed by atoms with Crippen LogP contribution >= 0.6 is 0 Å². The molecule has 0 fully saturated rings. The van der Waals surface area contributed by atoms with Crippen molar-refractivity contribution in [1.29, 1.82) is 0 Å². The van der Waals surface area contributed by atoms with Gasteiger partial charge in [0.25, 0.3) is 0 Å². The Labute approximate surface area is 465 Å². The molecule has 2 aromatic heterocycles. The summed E-state index contributed by atoms with van der Waals surface area (Å²) in [6.07, 6.45) is 1.71. The van der Waals surface area contributed by atoms with Crippen molar-refractivity contribution in [2.75, 3.05) is 16.5 Å². The van der Waals surface area contributed by atoms with Crippen molar-refractivity contribution in [2.24, 2.45) is 0 Å². The molecule has 0 aliphatic carbocycles. The molecule has 78 heavy (non-hydrogen) atoms. The zero-order chi connectivity index (χ0) is 56.6. The summed E-state index contributed by atoms with van der Waals surface area (Å²) in [4.78, 5) is 9.99. The van der Waals surface area contributed by atoms with E-state index in [0.717, 1.165) is 89.1 Å². The molecule has 0 unspecified atom stereocenters. The first-order chi connectivity index (χ1) is 38.7. The molecule has 5 heteroatoms. The number of ether oxygens (including phenoxy) is 1. The molecule has 0 N–H and O–H groups in total. The normalized spacial score (nSPS) is 13.6. The standard InChI is InChI=1S/C73H68N4O/c1-48-40-68(74-46-63(48)50-24-15-12-16-25-50)77-64-29-18-17-26-61(64)69-62(52-34-38-54(39-35-52)72(5,6)7)44-58(45-67(69)77)78-57-42-55(73(8,9)10)41-56(43-57)75-47-76(66-31-20-19-30-65(66)75)70-59(49-22-13-11-14-23-49)27-21-28-60(70)51-32-36-53(37-33-51)71(2,3)4/h11-46H,47H2,1-10H3/i1D3. The Morgan fingerprint density at radius 1 is 0.436 bits per heavy atom. The van der Waals surface area contributed by atoms with Crippen molar-refractivity contribution in [3.63, 3.8) is 0 Å². The second-order valence-corrected chi connectivity index (χ2v) is 23.9. The van der Waals surface area contributed by atoms with Gasteiger partial charge in [0.1, 0.15) is 24.0 Å². The molecule has 0 amide bonds. The Kier molecular flexibility index (Phi) is 11.6. The molecule has 1 aliphatic heterocycles. The maximum Gasteiger partial charge on any atom is 0.137 e. The highest BCUT2D eigenvalue weighted by atomic mass is 16.5. The summed E-state index contributed by atoms with van der Waals surface area (Å²) in [6.45, 7) is 18.4. The number of hydrogen-bond donors (Lipinski definition) is 0. The number of anilines is 4. The topological polar surface area (TPSA) is 33.5 Å². The van der Waals surface area contributed by atoms with Gasteiger partial charge in [0, 0.05) is 55.6 Å². The zero-order valence-electron chi connectivity index (χ0n) is 49.2. The molecular formula is C73H68N4O. The third-order valence-electron chi connectivity index (χ3n) is 15.5. The Hall–Kier alpha value is -8.67. The lowest BCUT2D eigenvalue weighted by Gasteiger charge is -2.28. The minimum atomic E-state index is -2.41. The van der Waals surface area contributed by atoms with Gasteiger partial charge in [0.05, 0.1) is 28.1 Å². The number of para-hydroxylation sites is 4. The summed E-state index contributed by atoms with van der Waals surface area (Å²) in [5, 5.41) is 2.04. The van der Waals surface area contributed by atoms with Crippen LogP contribution in [0.4, 0.5) is 22.7 Å². The van der Waals surface area contributed by atoms with E-state index in [2.05, 4.69) is 247 Å². The second-order valence-electron chi connectivity index (χ2n) is 23.9. The molecule has 386 valence electrons. The largest absolute Gasteiger partial charge is 0.457 e. The second kappa shape index (κ2) is 19.4. The lowest BCUT2D eigenvalue weighted by Crippen LogP contribution is -2.25. The quantitative estimate of drug-likeness (QED) is 0.144. The Balaban J connectivity index is 1.02. The van der Waals surface area contributed by atoms with Gasteiger partial charge in [-0.3, -0.25) is 4.57 Å². The molecule has 3 heterocycles. The molecule has 9 aromatic carbocycles. The minimum Gasteiger partial charge on any atom is -0.457 e. The summed E-state index contributed by atoms with van der Waals surface area (Å²) in [5.74, 6) is 1.84. The zero-order valence-corrected chi connectivity index (χ0v) is 46.2. The predicted molar refractivity (Wildman–Crippen MR) is 330 cm³/mol. The van der Waals surface area contributed by atoms with Crippen molar-refractivity contribution in [2.45, 2.75) is 85.4 Å². The van der Waals surface area contributed by atoms with Crippen molar-refractivity contribution in [3.05, 3.63) is 241 Å². The van der Waals surface area contributed by atoms with Gasteiger partial charge in [-0.2, -0.15) is 0 Å². The van der Waals surface area contributed by atoms with Crippen LogP contribution in [0.1, 0.15) is 88.7 Å². The number of benzene rings is 9. The van der Waals surface area contributed by atoms with Gasteiger partial charge in [-0.25, -0.2) is 4.98 Å². The van der Waals surface area contributed by atoms with Crippen LogP contribution in [0.2, 0.25) is 0 Å². The van der Waals surface area contributed by atoms with E-state index in [-0.39, 0.29) is 21.8 Å². The first-order valence-electron chi connectivity index (χ1n) is 28.7. The molecule has 11 aromatic rings. The lowest BCUT2D eigenvalue weighted by molar-refractivity contribution is 0.479. The van der Waals surface area contributed by atoms with Gasteiger partial charge in [-0.15, -0.1) is 0 Å². The summed E-state index contributed by atoms with van der Waals surface area (Å²) in [7, 11) is 0. The summed E-state index contributed by atoms with van der Waals surface area (Å²) in [6, 6.07) is 74.8. The molecule has 0 saturated heterocycles. The number of aromatic nitrogens is 2. The monoisotopic (exact) mass is 1020 g/mol. The molecular weight excluding hydrogens is 949 g/mol. The van der Waals surface area contributed by atoms with Crippen molar-refractivity contribution in [3.8, 4) is 61.8 Å². The summed E-state index contributed by atoms with van der Waals surface area (Å²) >= 11 is 0. The van der Waals surface area contributed by atoms with Gasteiger partial charge in [-0.05, 0) is 116 Å². The smallest absolute Gasteiger partial charge is 0.137 e. The van der Waals surface area contributed by atoms with Crippen LogP contribution < -0.4 is 14.5 Å². The first-order valence-corrected chi connectivity index (χ1v) is 27.2. The summed E-state index contributed by atoms with van der Waals surface area (Å²) in [5.41, 5.74) is 17.8. The number of aryl methyl sites for hydroxylation is 1. The van der Waals surface area contributed by atoms with Gasteiger partial charge >= 0.3 is 0 Å². The fourth-order valence-electron chi connectivity index (χ4n) is 11.2. The SMILES string of the molecule is [2H]C([2H])([2H])c1cc(-n2c3ccccc3c3c(-c4ccc(C(C)(C)C)cc4)cc(Oc4cc(N5CN(c6c(-c7ccccc7)cccc6-c6ccc(C(C)(C)C)cc6)c6ccccc65)cc(C(C)(C)C)c4)cc32)ncc1-c1ccccc1. The molecule has 0 atom stereocenters. The van der Waals surface area contributed by atoms with E-state index in [1.54, 1.807) is 12.3 Å². The average Bonchev–Trinajstić information content (AvgIpc) is 4.24. The molecule has 0 bridgehead atoms. The van der Waals surface area contributed by atoms with Crippen LogP contribution in [-0.4, -0.2) is 16.2 Å². The number of fused-ring (bicyclic) bond motifs is 4. The molecule has 0 spiro atoms. The van der Waals surface area contributed by atoms with Crippen LogP contribution in [0.15, 0.2) is 219 Å². The van der Waals surface area contributed by atoms with Gasteiger partial charge in [0.15, 0.2) is 0 Å². The third-order valence-corrected chi connectivity index (χ3v) is 15.5. The number of hydrogen-bond acceptors (Lipinski definition) is 4. The highest BCUT2D eigenvalue weighted by Crippen LogP contribution is 2.52. The van der Waals surface area contributed by atoms with Crippen LogP contribution in [0.5, 0.6) is 11.5 Å². The number of nitrogens with zero attached hydrogens (tertiary/aromatic N) is 4. The Morgan fingerprint density at radius 3 is 1.56 bits per heavy atom. The third kappa shape index (κ3) is 9.31. The van der Waals surface area contributed by atoms with E-state index < -0.39 is 6.85 Å². The highest BCUT2D eigenvalue weighted by molar-refractivity contribution is 6.16. The van der Waals surface area contributed by atoms with Gasteiger partial charge < -0.3 is 14.5 Å². The molecule has 12 rings (SSSR count). The number of rotatable bonds is 9. The van der Waals surface area contributed by atoms with Gasteiger partial charge in [0.2, 0.25) is 0 Å². The van der Waals surface area contributed by atoms with E-state index in [9.17, 15) is 0 Å². The van der Waals surface area contributed by atoms with Crippen LogP contribution in [0.3, 0.4) is 0 Å².